The molecule has 1 spiro atoms. The lowest BCUT2D eigenvalue weighted by Crippen LogP contribution is -2.56. The summed E-state index contributed by atoms with van der Waals surface area (Å²) in [5, 5.41) is 6.14. The maximum Gasteiger partial charge on any atom is 0.244 e. The van der Waals surface area contributed by atoms with E-state index in [-0.39, 0.29) is 17.9 Å². The zero-order chi connectivity index (χ0) is 24.9. The molecule has 0 bridgehead atoms. The maximum absolute atomic E-state index is 13.8. The van der Waals surface area contributed by atoms with Crippen LogP contribution in [0.4, 0.5) is 23.3 Å². The fourth-order valence-electron chi connectivity index (χ4n) is 6.21. The number of aromatic nitrogens is 3. The van der Waals surface area contributed by atoms with Crippen LogP contribution in [-0.4, -0.2) is 77.5 Å². The van der Waals surface area contributed by atoms with Crippen LogP contribution >= 0.6 is 0 Å². The molecule has 36 heavy (non-hydrogen) atoms. The van der Waals surface area contributed by atoms with E-state index in [1.165, 1.54) is 0 Å². The average molecular weight is 491 g/mol. The Kier molecular flexibility index (Phi) is 5.78. The molecule has 190 valence electrons. The third-order valence-corrected chi connectivity index (χ3v) is 8.37. The number of carbonyl (C=O) groups is 2. The highest BCUT2D eigenvalue weighted by molar-refractivity contribution is 6.14. The first-order chi connectivity index (χ1) is 17.4. The Hall–Kier alpha value is -3.27. The number of rotatable bonds is 5. The Morgan fingerprint density at radius 1 is 1.11 bits per heavy atom. The van der Waals surface area contributed by atoms with Gasteiger partial charge in [-0.3, -0.25) is 14.5 Å². The van der Waals surface area contributed by atoms with Crippen molar-refractivity contribution in [1.82, 2.24) is 25.2 Å². The molecule has 4 aliphatic rings. The van der Waals surface area contributed by atoms with Crippen LogP contribution in [-0.2, 0) is 16.0 Å². The smallest absolute Gasteiger partial charge is 0.244 e. The number of hydrogen-bond donors (Lipinski definition) is 2. The van der Waals surface area contributed by atoms with Gasteiger partial charge in [0, 0.05) is 49.9 Å². The quantitative estimate of drug-likeness (QED) is 0.614. The molecule has 5 heterocycles. The molecule has 1 aliphatic carbocycles. The van der Waals surface area contributed by atoms with Gasteiger partial charge in [-0.2, -0.15) is 4.98 Å². The Balaban J connectivity index is 1.24. The van der Waals surface area contributed by atoms with E-state index < -0.39 is 5.41 Å². The number of nitrogens with zero attached hydrogens (tertiary/aromatic N) is 6. The van der Waals surface area contributed by atoms with Crippen molar-refractivity contribution in [3.05, 3.63) is 30.1 Å². The summed E-state index contributed by atoms with van der Waals surface area (Å²) in [6.45, 7) is 2.52. The topological polar surface area (TPSA) is 107 Å². The van der Waals surface area contributed by atoms with Gasteiger partial charge in [0.1, 0.15) is 17.1 Å². The van der Waals surface area contributed by atoms with Crippen LogP contribution < -0.4 is 20.4 Å². The van der Waals surface area contributed by atoms with Gasteiger partial charge in [0.15, 0.2) is 0 Å². The molecule has 2 amide bonds. The maximum atomic E-state index is 13.8. The van der Waals surface area contributed by atoms with Crippen LogP contribution in [0.25, 0.3) is 0 Å². The molecule has 2 aromatic rings. The van der Waals surface area contributed by atoms with Gasteiger partial charge in [-0.15, -0.1) is 0 Å². The van der Waals surface area contributed by atoms with E-state index in [4.69, 9.17) is 4.98 Å². The standard InChI is InChI=1S/C26H34N8O2/c1-32(2)20-9-12-33(16-20)21-8-7-18(15-28-21)30-25-29-14-17-13-26(10-11-27-23(26)35)24(36)34(22(17)31-25)19-5-3-4-6-19/h7-8,14-15,19-20H,3-6,9-13,16H2,1-2H3,(H,27,35)(H,29,30,31)/t20-,26-/m1/s1. The average Bonchev–Trinajstić information content (AvgIpc) is 3.64. The first kappa shape index (κ1) is 23.1. The van der Waals surface area contributed by atoms with Crippen molar-refractivity contribution in [2.45, 2.75) is 57.0 Å². The van der Waals surface area contributed by atoms with Gasteiger partial charge in [0.05, 0.1) is 11.9 Å². The Labute approximate surface area is 211 Å². The molecule has 0 radical (unpaired) electrons. The first-order valence-electron chi connectivity index (χ1n) is 13.1. The third kappa shape index (κ3) is 3.87. The molecule has 2 atom stereocenters. The molecule has 10 nitrogen and oxygen atoms in total. The van der Waals surface area contributed by atoms with Crippen LogP contribution in [0.5, 0.6) is 0 Å². The molecule has 2 aromatic heterocycles. The van der Waals surface area contributed by atoms with E-state index in [2.05, 4.69) is 44.5 Å². The largest absolute Gasteiger partial charge is 0.355 e. The molecular weight excluding hydrogens is 456 g/mol. The lowest BCUT2D eigenvalue weighted by molar-refractivity contribution is -0.140. The van der Waals surface area contributed by atoms with Gasteiger partial charge in [-0.25, -0.2) is 9.97 Å². The fraction of sp³-hybridized carbons (Fsp3) is 0.577. The van der Waals surface area contributed by atoms with Crippen molar-refractivity contribution in [1.29, 1.82) is 0 Å². The summed E-state index contributed by atoms with van der Waals surface area (Å²) in [6.07, 6.45) is 9.65. The van der Waals surface area contributed by atoms with E-state index in [0.29, 0.717) is 37.2 Å². The van der Waals surface area contributed by atoms with Crippen LogP contribution in [0.1, 0.15) is 44.1 Å². The highest BCUT2D eigenvalue weighted by atomic mass is 16.2. The first-order valence-corrected chi connectivity index (χ1v) is 13.1. The summed E-state index contributed by atoms with van der Waals surface area (Å²) in [7, 11) is 4.24. The van der Waals surface area contributed by atoms with Crippen LogP contribution in [0.15, 0.2) is 24.5 Å². The zero-order valence-corrected chi connectivity index (χ0v) is 21.0. The van der Waals surface area contributed by atoms with Gasteiger partial charge < -0.3 is 20.4 Å². The normalized spacial score (nSPS) is 26.2. The van der Waals surface area contributed by atoms with Gasteiger partial charge in [0.25, 0.3) is 0 Å². The number of amides is 2. The fourth-order valence-corrected chi connectivity index (χ4v) is 6.21. The van der Waals surface area contributed by atoms with E-state index in [1.807, 2.05) is 17.0 Å². The minimum absolute atomic E-state index is 0.0805. The molecule has 2 N–H and O–H groups in total. The molecule has 3 aliphatic heterocycles. The van der Waals surface area contributed by atoms with E-state index in [0.717, 1.165) is 62.3 Å². The summed E-state index contributed by atoms with van der Waals surface area (Å²) in [4.78, 5) is 47.0. The molecule has 1 saturated carbocycles. The third-order valence-electron chi connectivity index (χ3n) is 8.37. The van der Waals surface area contributed by atoms with Gasteiger partial charge in [-0.1, -0.05) is 12.8 Å². The van der Waals surface area contributed by atoms with Crippen molar-refractivity contribution in [2.75, 3.05) is 48.8 Å². The number of anilines is 4. The molecule has 0 aromatic carbocycles. The second kappa shape index (κ2) is 8.99. The summed E-state index contributed by atoms with van der Waals surface area (Å²) in [5.74, 6) is 1.78. The summed E-state index contributed by atoms with van der Waals surface area (Å²) < 4.78 is 0. The predicted octanol–water partition coefficient (Wildman–Crippen LogP) is 2.09. The zero-order valence-electron chi connectivity index (χ0n) is 21.0. The SMILES string of the molecule is CN(C)[C@@H]1CCN(c2ccc(Nc3ncc4c(n3)N(C3CCCC3)C(=O)[C@]3(CCNC3=O)C4)cn2)C1. The molecule has 2 saturated heterocycles. The number of nitrogens with one attached hydrogen (secondary N) is 2. The van der Waals surface area contributed by atoms with Crippen molar-refractivity contribution in [3.63, 3.8) is 0 Å². The Morgan fingerprint density at radius 2 is 1.94 bits per heavy atom. The summed E-state index contributed by atoms with van der Waals surface area (Å²) in [5.41, 5.74) is 0.639. The molecule has 6 rings (SSSR count). The number of carbonyl (C=O) groups excluding carboxylic acids is 2. The number of likely N-dealkylation sites (N-methyl/N-ethyl adjacent to an activating group) is 1. The van der Waals surface area contributed by atoms with Crippen LogP contribution in [0.3, 0.4) is 0 Å². The minimum Gasteiger partial charge on any atom is -0.355 e. The molecule has 10 heteroatoms. The van der Waals surface area contributed by atoms with Gasteiger partial charge in [0.2, 0.25) is 17.8 Å². The number of fused-ring (bicyclic) bond motifs is 1. The summed E-state index contributed by atoms with van der Waals surface area (Å²) in [6, 6.07) is 4.65. The predicted molar refractivity (Wildman–Crippen MR) is 137 cm³/mol. The number of pyridine rings is 1. The van der Waals surface area contributed by atoms with Crippen molar-refractivity contribution < 1.29 is 9.59 Å². The van der Waals surface area contributed by atoms with Crippen molar-refractivity contribution in [3.8, 4) is 0 Å². The van der Waals surface area contributed by atoms with E-state index in [9.17, 15) is 9.59 Å². The van der Waals surface area contributed by atoms with E-state index in [1.54, 1.807) is 12.4 Å². The van der Waals surface area contributed by atoms with Crippen LogP contribution in [0, 0.1) is 5.41 Å². The second-order valence-electron chi connectivity index (χ2n) is 10.8. The molecule has 0 unspecified atom stereocenters. The van der Waals surface area contributed by atoms with Crippen molar-refractivity contribution >= 4 is 35.1 Å². The summed E-state index contributed by atoms with van der Waals surface area (Å²) >= 11 is 0. The number of hydrogen-bond acceptors (Lipinski definition) is 8. The van der Waals surface area contributed by atoms with Gasteiger partial charge >= 0.3 is 0 Å². The van der Waals surface area contributed by atoms with Crippen molar-refractivity contribution in [2.24, 2.45) is 5.41 Å². The lowest BCUT2D eigenvalue weighted by atomic mass is 9.76. The Bertz CT molecular complexity index is 1160. The highest BCUT2D eigenvalue weighted by Gasteiger charge is 2.56. The molecular formula is C26H34N8O2. The minimum atomic E-state index is -1.02. The Morgan fingerprint density at radius 3 is 2.61 bits per heavy atom. The molecule has 3 fully saturated rings. The lowest BCUT2D eigenvalue weighted by Gasteiger charge is -2.40. The van der Waals surface area contributed by atoms with Crippen LogP contribution in [0.2, 0.25) is 0 Å². The second-order valence-corrected chi connectivity index (χ2v) is 10.8. The van der Waals surface area contributed by atoms with Gasteiger partial charge in [-0.05, 0) is 51.9 Å². The highest BCUT2D eigenvalue weighted by Crippen LogP contribution is 2.44. The van der Waals surface area contributed by atoms with E-state index >= 15 is 0 Å². The monoisotopic (exact) mass is 490 g/mol.